The third-order valence-corrected chi connectivity index (χ3v) is 2.64. The number of nitrogens with one attached hydrogen (secondary N) is 1. The van der Waals surface area contributed by atoms with Crippen molar-refractivity contribution in [3.63, 3.8) is 0 Å². The van der Waals surface area contributed by atoms with Gasteiger partial charge in [0.15, 0.2) is 0 Å². The molecule has 0 aromatic carbocycles. The SMILES string of the molecule is CN(Cc1cccnc1)Cc1cccnc1NN. The van der Waals surface area contributed by atoms with E-state index in [2.05, 4.69) is 33.4 Å². The van der Waals surface area contributed by atoms with E-state index in [0.29, 0.717) is 0 Å². The number of rotatable bonds is 5. The molecule has 0 radical (unpaired) electrons. The number of anilines is 1. The molecule has 2 aromatic heterocycles. The van der Waals surface area contributed by atoms with Crippen LogP contribution >= 0.6 is 0 Å². The van der Waals surface area contributed by atoms with E-state index in [9.17, 15) is 0 Å². The Morgan fingerprint density at radius 1 is 1.22 bits per heavy atom. The second kappa shape index (κ2) is 6.09. The highest BCUT2D eigenvalue weighted by atomic mass is 15.3. The summed E-state index contributed by atoms with van der Waals surface area (Å²) >= 11 is 0. The lowest BCUT2D eigenvalue weighted by molar-refractivity contribution is 0.319. The van der Waals surface area contributed by atoms with Gasteiger partial charge in [-0.2, -0.15) is 0 Å². The molecule has 94 valence electrons. The fraction of sp³-hybridized carbons (Fsp3) is 0.231. The van der Waals surface area contributed by atoms with Gasteiger partial charge in [0.2, 0.25) is 0 Å². The van der Waals surface area contributed by atoms with Crippen LogP contribution in [0.1, 0.15) is 11.1 Å². The number of hydrazine groups is 1. The molecule has 0 aliphatic heterocycles. The molecule has 5 heteroatoms. The Labute approximate surface area is 107 Å². The molecule has 0 aliphatic rings. The number of nitrogens with two attached hydrogens (primary N) is 1. The van der Waals surface area contributed by atoms with Crippen molar-refractivity contribution in [2.24, 2.45) is 5.84 Å². The van der Waals surface area contributed by atoms with E-state index < -0.39 is 0 Å². The van der Waals surface area contributed by atoms with E-state index in [0.717, 1.165) is 24.5 Å². The van der Waals surface area contributed by atoms with E-state index in [1.54, 1.807) is 12.4 Å². The van der Waals surface area contributed by atoms with Gasteiger partial charge in [-0.25, -0.2) is 10.8 Å². The Morgan fingerprint density at radius 2 is 2.06 bits per heavy atom. The summed E-state index contributed by atoms with van der Waals surface area (Å²) in [6.07, 6.45) is 5.38. The molecule has 0 spiro atoms. The molecular weight excluding hydrogens is 226 g/mol. The van der Waals surface area contributed by atoms with Gasteiger partial charge in [0.25, 0.3) is 0 Å². The van der Waals surface area contributed by atoms with Gasteiger partial charge in [-0.05, 0) is 24.7 Å². The molecule has 2 aromatic rings. The predicted octanol–water partition coefficient (Wildman–Crippen LogP) is 1.39. The standard InChI is InChI=1S/C13H17N5/c1-18(9-11-4-2-6-15-8-11)10-12-5-3-7-16-13(12)17-14/h2-8H,9-10,14H2,1H3,(H,16,17). The average Bonchev–Trinajstić information content (AvgIpc) is 2.40. The molecule has 0 unspecified atom stereocenters. The summed E-state index contributed by atoms with van der Waals surface area (Å²) in [6, 6.07) is 7.94. The Bertz CT molecular complexity index is 486. The molecule has 2 heterocycles. The van der Waals surface area contributed by atoms with Crippen LogP contribution in [0.25, 0.3) is 0 Å². The van der Waals surface area contributed by atoms with Crippen molar-refractivity contribution in [2.75, 3.05) is 12.5 Å². The van der Waals surface area contributed by atoms with Crippen LogP contribution in [0.3, 0.4) is 0 Å². The Kier molecular flexibility index (Phi) is 4.22. The molecule has 0 fully saturated rings. The maximum absolute atomic E-state index is 5.44. The van der Waals surface area contributed by atoms with Crippen LogP contribution in [-0.4, -0.2) is 21.9 Å². The Hall–Kier alpha value is -1.98. The van der Waals surface area contributed by atoms with Crippen LogP contribution in [0, 0.1) is 0 Å². The molecule has 0 aliphatic carbocycles. The van der Waals surface area contributed by atoms with Crippen molar-refractivity contribution in [1.82, 2.24) is 14.9 Å². The number of pyridine rings is 2. The molecule has 0 bridgehead atoms. The third kappa shape index (κ3) is 3.26. The third-order valence-electron chi connectivity index (χ3n) is 2.64. The van der Waals surface area contributed by atoms with Gasteiger partial charge in [0, 0.05) is 37.2 Å². The first-order valence-electron chi connectivity index (χ1n) is 5.77. The van der Waals surface area contributed by atoms with E-state index in [1.165, 1.54) is 5.56 Å². The fourth-order valence-corrected chi connectivity index (χ4v) is 1.85. The lowest BCUT2D eigenvalue weighted by Crippen LogP contribution is -2.20. The Balaban J connectivity index is 2.01. The van der Waals surface area contributed by atoms with E-state index in [-0.39, 0.29) is 0 Å². The van der Waals surface area contributed by atoms with Gasteiger partial charge in [0.1, 0.15) is 5.82 Å². The summed E-state index contributed by atoms with van der Waals surface area (Å²) in [5, 5.41) is 0. The predicted molar refractivity (Wildman–Crippen MR) is 71.5 cm³/mol. The normalized spacial score (nSPS) is 10.6. The van der Waals surface area contributed by atoms with Crippen molar-refractivity contribution in [1.29, 1.82) is 0 Å². The summed E-state index contributed by atoms with van der Waals surface area (Å²) in [4.78, 5) is 10.5. The highest BCUT2D eigenvalue weighted by molar-refractivity contribution is 5.42. The molecule has 18 heavy (non-hydrogen) atoms. The summed E-state index contributed by atoms with van der Waals surface area (Å²) in [5.41, 5.74) is 4.88. The zero-order valence-corrected chi connectivity index (χ0v) is 10.4. The lowest BCUT2D eigenvalue weighted by Gasteiger charge is -2.17. The molecule has 0 amide bonds. The van der Waals surface area contributed by atoms with Gasteiger partial charge in [-0.15, -0.1) is 0 Å². The molecule has 0 saturated heterocycles. The minimum Gasteiger partial charge on any atom is -0.308 e. The highest BCUT2D eigenvalue weighted by Gasteiger charge is 2.06. The maximum Gasteiger partial charge on any atom is 0.144 e. The van der Waals surface area contributed by atoms with Crippen molar-refractivity contribution in [3.05, 3.63) is 54.0 Å². The van der Waals surface area contributed by atoms with E-state index in [4.69, 9.17) is 5.84 Å². The zero-order chi connectivity index (χ0) is 12.8. The summed E-state index contributed by atoms with van der Waals surface area (Å²) in [7, 11) is 2.06. The zero-order valence-electron chi connectivity index (χ0n) is 10.4. The average molecular weight is 243 g/mol. The van der Waals surface area contributed by atoms with Crippen molar-refractivity contribution in [2.45, 2.75) is 13.1 Å². The Morgan fingerprint density at radius 3 is 2.78 bits per heavy atom. The van der Waals surface area contributed by atoms with Crippen LogP contribution in [0.2, 0.25) is 0 Å². The fourth-order valence-electron chi connectivity index (χ4n) is 1.85. The second-order valence-electron chi connectivity index (χ2n) is 4.19. The van der Waals surface area contributed by atoms with Crippen LogP contribution in [0.15, 0.2) is 42.9 Å². The van der Waals surface area contributed by atoms with Crippen molar-refractivity contribution in [3.8, 4) is 0 Å². The smallest absolute Gasteiger partial charge is 0.144 e. The summed E-state index contributed by atoms with van der Waals surface area (Å²) < 4.78 is 0. The monoisotopic (exact) mass is 243 g/mol. The van der Waals surface area contributed by atoms with E-state index >= 15 is 0 Å². The summed E-state index contributed by atoms with van der Waals surface area (Å²) in [6.45, 7) is 1.62. The molecule has 3 N–H and O–H groups in total. The highest BCUT2D eigenvalue weighted by Crippen LogP contribution is 2.13. The van der Waals surface area contributed by atoms with Crippen LogP contribution < -0.4 is 11.3 Å². The van der Waals surface area contributed by atoms with Crippen LogP contribution in [0.4, 0.5) is 5.82 Å². The second-order valence-corrected chi connectivity index (χ2v) is 4.19. The first kappa shape index (κ1) is 12.5. The topological polar surface area (TPSA) is 67.1 Å². The van der Waals surface area contributed by atoms with Crippen molar-refractivity contribution < 1.29 is 0 Å². The minimum atomic E-state index is 0.718. The minimum absolute atomic E-state index is 0.718. The van der Waals surface area contributed by atoms with Gasteiger partial charge >= 0.3 is 0 Å². The molecule has 0 atom stereocenters. The number of nitrogens with zero attached hydrogens (tertiary/aromatic N) is 3. The quantitative estimate of drug-likeness (QED) is 0.613. The maximum atomic E-state index is 5.44. The largest absolute Gasteiger partial charge is 0.308 e. The first-order chi connectivity index (χ1) is 8.79. The van der Waals surface area contributed by atoms with Gasteiger partial charge in [-0.1, -0.05) is 12.1 Å². The van der Waals surface area contributed by atoms with Gasteiger partial charge in [0.05, 0.1) is 0 Å². The molecule has 2 rings (SSSR count). The van der Waals surface area contributed by atoms with Crippen molar-refractivity contribution >= 4 is 5.82 Å². The number of aromatic nitrogens is 2. The molecular formula is C13H17N5. The van der Waals surface area contributed by atoms with Crippen LogP contribution in [-0.2, 0) is 13.1 Å². The summed E-state index contributed by atoms with van der Waals surface area (Å²) in [5.74, 6) is 6.16. The van der Waals surface area contributed by atoms with Crippen LogP contribution in [0.5, 0.6) is 0 Å². The van der Waals surface area contributed by atoms with E-state index in [1.807, 2.05) is 24.4 Å². The molecule has 5 nitrogen and oxygen atoms in total. The number of hydrogen-bond donors (Lipinski definition) is 2. The van der Waals surface area contributed by atoms with Gasteiger partial charge in [-0.3, -0.25) is 9.88 Å². The lowest BCUT2D eigenvalue weighted by atomic mass is 10.2. The van der Waals surface area contributed by atoms with Gasteiger partial charge < -0.3 is 5.43 Å². The first-order valence-corrected chi connectivity index (χ1v) is 5.77. The number of hydrogen-bond acceptors (Lipinski definition) is 5. The molecule has 0 saturated carbocycles. The number of nitrogen functional groups attached to an aromatic ring is 1.